The Morgan fingerprint density at radius 1 is 1.56 bits per heavy atom. The van der Waals surface area contributed by atoms with Crippen LogP contribution < -0.4 is 5.32 Å². The number of nitro benzene ring substituents is 1. The fraction of sp³-hybridized carbons (Fsp3) is 0.364. The van der Waals surface area contributed by atoms with Gasteiger partial charge in [0.25, 0.3) is 5.69 Å². The number of non-ortho nitro benzene ring substituents is 1. The SMILES string of the molecule is CC(C)(CO)Nc1nc2ccc([N+](=O)[O-])cc2[nH]1. The lowest BCUT2D eigenvalue weighted by molar-refractivity contribution is -0.384. The molecule has 0 aliphatic rings. The van der Waals surface area contributed by atoms with Crippen molar-refractivity contribution in [2.24, 2.45) is 0 Å². The van der Waals surface area contributed by atoms with Gasteiger partial charge in [-0.1, -0.05) is 0 Å². The summed E-state index contributed by atoms with van der Waals surface area (Å²) in [6.07, 6.45) is 0. The number of aliphatic hydroxyl groups is 1. The lowest BCUT2D eigenvalue weighted by atomic mass is 10.1. The Bertz CT molecular complexity index is 591. The van der Waals surface area contributed by atoms with Gasteiger partial charge >= 0.3 is 0 Å². The van der Waals surface area contributed by atoms with Gasteiger partial charge in [-0.15, -0.1) is 0 Å². The third kappa shape index (κ3) is 2.40. The van der Waals surface area contributed by atoms with E-state index in [2.05, 4.69) is 15.3 Å². The fourth-order valence-electron chi connectivity index (χ4n) is 1.53. The molecule has 0 aliphatic carbocycles. The van der Waals surface area contributed by atoms with E-state index in [1.165, 1.54) is 12.1 Å². The van der Waals surface area contributed by atoms with Crippen molar-refractivity contribution in [2.75, 3.05) is 11.9 Å². The van der Waals surface area contributed by atoms with E-state index in [1.807, 2.05) is 13.8 Å². The van der Waals surface area contributed by atoms with Crippen molar-refractivity contribution >= 4 is 22.7 Å². The van der Waals surface area contributed by atoms with Crippen molar-refractivity contribution in [3.63, 3.8) is 0 Å². The molecule has 0 aliphatic heterocycles. The molecule has 0 spiro atoms. The van der Waals surface area contributed by atoms with Crippen molar-refractivity contribution in [3.05, 3.63) is 28.3 Å². The smallest absolute Gasteiger partial charge is 0.271 e. The summed E-state index contributed by atoms with van der Waals surface area (Å²) < 4.78 is 0. The number of rotatable bonds is 4. The molecule has 2 aromatic rings. The van der Waals surface area contributed by atoms with E-state index >= 15 is 0 Å². The summed E-state index contributed by atoms with van der Waals surface area (Å²) in [5, 5.41) is 22.8. The standard InChI is InChI=1S/C11H14N4O3/c1-11(2,6-16)14-10-12-8-4-3-7(15(17)18)5-9(8)13-10/h3-5,16H,6H2,1-2H3,(H2,12,13,14). The molecule has 0 saturated heterocycles. The summed E-state index contributed by atoms with van der Waals surface area (Å²) in [6.45, 7) is 3.59. The number of hydrogen-bond donors (Lipinski definition) is 3. The highest BCUT2D eigenvalue weighted by atomic mass is 16.6. The van der Waals surface area contributed by atoms with Gasteiger partial charge < -0.3 is 15.4 Å². The Kier molecular flexibility index (Phi) is 2.92. The molecule has 2 rings (SSSR count). The first-order valence-electron chi connectivity index (χ1n) is 5.44. The minimum atomic E-state index is -0.514. The van der Waals surface area contributed by atoms with E-state index in [0.717, 1.165) is 0 Å². The molecule has 0 unspecified atom stereocenters. The van der Waals surface area contributed by atoms with Crippen LogP contribution in [0.3, 0.4) is 0 Å². The lowest BCUT2D eigenvalue weighted by Crippen LogP contribution is -2.35. The Morgan fingerprint density at radius 3 is 2.89 bits per heavy atom. The molecule has 0 amide bonds. The molecule has 0 radical (unpaired) electrons. The van der Waals surface area contributed by atoms with Gasteiger partial charge in [0.1, 0.15) is 0 Å². The van der Waals surface area contributed by atoms with Crippen LogP contribution in [-0.2, 0) is 0 Å². The van der Waals surface area contributed by atoms with E-state index < -0.39 is 10.5 Å². The largest absolute Gasteiger partial charge is 0.394 e. The Hall–Kier alpha value is -2.15. The number of nitrogens with zero attached hydrogens (tertiary/aromatic N) is 2. The van der Waals surface area contributed by atoms with Crippen LogP contribution >= 0.6 is 0 Å². The molecule has 3 N–H and O–H groups in total. The van der Waals surface area contributed by atoms with Crippen molar-refractivity contribution in [1.29, 1.82) is 0 Å². The minimum absolute atomic E-state index is 0.0131. The van der Waals surface area contributed by atoms with Gasteiger partial charge in [-0.3, -0.25) is 10.1 Å². The molecule has 7 nitrogen and oxygen atoms in total. The maximum absolute atomic E-state index is 10.6. The third-order valence-corrected chi connectivity index (χ3v) is 2.53. The number of hydrogen-bond acceptors (Lipinski definition) is 5. The first-order valence-corrected chi connectivity index (χ1v) is 5.44. The number of aliphatic hydroxyl groups excluding tert-OH is 1. The zero-order valence-corrected chi connectivity index (χ0v) is 10.1. The normalized spacial score (nSPS) is 11.7. The molecule has 96 valence electrons. The number of aromatic nitrogens is 2. The van der Waals surface area contributed by atoms with Crippen LogP contribution in [0.4, 0.5) is 11.6 Å². The van der Waals surface area contributed by atoms with Crippen molar-refractivity contribution in [2.45, 2.75) is 19.4 Å². The highest BCUT2D eigenvalue weighted by molar-refractivity contribution is 5.80. The van der Waals surface area contributed by atoms with Gasteiger partial charge in [-0.2, -0.15) is 0 Å². The number of aromatic amines is 1. The number of imidazole rings is 1. The first kappa shape index (κ1) is 12.3. The number of H-pyrrole nitrogens is 1. The number of nitrogens with one attached hydrogen (secondary N) is 2. The van der Waals surface area contributed by atoms with Crippen molar-refractivity contribution in [3.8, 4) is 0 Å². The van der Waals surface area contributed by atoms with E-state index in [0.29, 0.717) is 17.0 Å². The predicted molar refractivity (Wildman–Crippen MR) is 67.5 cm³/mol. The molecule has 18 heavy (non-hydrogen) atoms. The van der Waals surface area contributed by atoms with Gasteiger partial charge in [0, 0.05) is 12.1 Å². The molecule has 7 heteroatoms. The zero-order chi connectivity index (χ0) is 13.3. The number of benzene rings is 1. The number of nitro groups is 1. The van der Waals surface area contributed by atoms with Crippen LogP contribution in [-0.4, -0.2) is 32.1 Å². The molecule has 0 fully saturated rings. The number of fused-ring (bicyclic) bond motifs is 1. The fourth-order valence-corrected chi connectivity index (χ4v) is 1.53. The van der Waals surface area contributed by atoms with Gasteiger partial charge in [0.2, 0.25) is 5.95 Å². The van der Waals surface area contributed by atoms with Gasteiger partial charge in [0.05, 0.1) is 28.1 Å². The van der Waals surface area contributed by atoms with E-state index in [4.69, 9.17) is 5.11 Å². The third-order valence-electron chi connectivity index (χ3n) is 2.53. The second kappa shape index (κ2) is 4.26. The van der Waals surface area contributed by atoms with Crippen molar-refractivity contribution < 1.29 is 10.0 Å². The molecule has 0 bridgehead atoms. The maximum atomic E-state index is 10.6. The summed E-state index contributed by atoms with van der Waals surface area (Å²) in [7, 11) is 0. The van der Waals surface area contributed by atoms with Crippen LogP contribution in [0.25, 0.3) is 11.0 Å². The lowest BCUT2D eigenvalue weighted by Gasteiger charge is -2.22. The van der Waals surface area contributed by atoms with E-state index in [1.54, 1.807) is 6.07 Å². The summed E-state index contributed by atoms with van der Waals surface area (Å²) in [5.74, 6) is 0.476. The first-order chi connectivity index (χ1) is 8.41. The molecule has 1 aromatic carbocycles. The summed E-state index contributed by atoms with van der Waals surface area (Å²) >= 11 is 0. The van der Waals surface area contributed by atoms with Crippen LogP contribution in [0.5, 0.6) is 0 Å². The van der Waals surface area contributed by atoms with Gasteiger partial charge in [-0.05, 0) is 19.9 Å². The molecular weight excluding hydrogens is 236 g/mol. The maximum Gasteiger partial charge on any atom is 0.271 e. The van der Waals surface area contributed by atoms with Crippen molar-refractivity contribution in [1.82, 2.24) is 9.97 Å². The Morgan fingerprint density at radius 2 is 2.28 bits per heavy atom. The predicted octanol–water partition coefficient (Wildman–Crippen LogP) is 1.65. The quantitative estimate of drug-likeness (QED) is 0.565. The molecule has 1 aromatic heterocycles. The average Bonchev–Trinajstić information content (AvgIpc) is 2.68. The highest BCUT2D eigenvalue weighted by Crippen LogP contribution is 2.21. The second-order valence-corrected chi connectivity index (χ2v) is 4.71. The van der Waals surface area contributed by atoms with E-state index in [9.17, 15) is 10.1 Å². The minimum Gasteiger partial charge on any atom is -0.394 e. The second-order valence-electron chi connectivity index (χ2n) is 4.71. The van der Waals surface area contributed by atoms with Crippen LogP contribution in [0.15, 0.2) is 18.2 Å². The van der Waals surface area contributed by atoms with Gasteiger partial charge in [-0.25, -0.2) is 4.98 Å². The summed E-state index contributed by atoms with van der Waals surface area (Å²) in [6, 6.07) is 4.42. The van der Waals surface area contributed by atoms with Crippen LogP contribution in [0, 0.1) is 10.1 Å². The van der Waals surface area contributed by atoms with Crippen LogP contribution in [0.2, 0.25) is 0 Å². The topological polar surface area (TPSA) is 104 Å². The summed E-state index contributed by atoms with van der Waals surface area (Å²) in [4.78, 5) is 17.4. The molecule has 1 heterocycles. The Labute approximate surface area is 103 Å². The van der Waals surface area contributed by atoms with Crippen LogP contribution in [0.1, 0.15) is 13.8 Å². The number of anilines is 1. The molecule has 0 saturated carbocycles. The monoisotopic (exact) mass is 250 g/mol. The molecule has 0 atom stereocenters. The average molecular weight is 250 g/mol. The highest BCUT2D eigenvalue weighted by Gasteiger charge is 2.18. The Balaban J connectivity index is 2.35. The van der Waals surface area contributed by atoms with Gasteiger partial charge in [0.15, 0.2) is 0 Å². The molecular formula is C11H14N4O3. The summed E-state index contributed by atoms with van der Waals surface area (Å²) in [5.41, 5.74) is 0.719. The van der Waals surface area contributed by atoms with E-state index in [-0.39, 0.29) is 12.3 Å². The zero-order valence-electron chi connectivity index (χ0n) is 10.1.